The molecule has 0 N–H and O–H groups in total. The molecule has 1 atom stereocenters. The molecule has 0 aliphatic heterocycles. The highest BCUT2D eigenvalue weighted by Gasteiger charge is 2.42. The van der Waals surface area contributed by atoms with Crippen molar-refractivity contribution in [3.63, 3.8) is 0 Å². The van der Waals surface area contributed by atoms with Crippen LogP contribution in [0.2, 0.25) is 0 Å². The first-order chi connectivity index (χ1) is 4.58. The predicted octanol–water partition coefficient (Wildman–Crippen LogP) is 2.73. The first-order valence-electron chi connectivity index (χ1n) is 3.96. The van der Waals surface area contributed by atoms with E-state index in [4.69, 9.17) is 6.57 Å². The number of nitrogens with zero attached hydrogens (tertiary/aromatic N) is 1. The van der Waals surface area contributed by atoms with E-state index in [0.29, 0.717) is 5.92 Å². The molecule has 0 bridgehead atoms. The SMILES string of the molecule is [C-]#[N+]C(C)(C)[C@@H](C)C1CC1. The summed E-state index contributed by atoms with van der Waals surface area (Å²) < 4.78 is 0. The zero-order valence-corrected chi connectivity index (χ0v) is 7.02. The Kier molecular flexibility index (Phi) is 1.72. The molecule has 56 valence electrons. The van der Waals surface area contributed by atoms with Crippen LogP contribution in [0, 0.1) is 18.4 Å². The van der Waals surface area contributed by atoms with Gasteiger partial charge in [0.15, 0.2) is 0 Å². The summed E-state index contributed by atoms with van der Waals surface area (Å²) in [5.74, 6) is 1.44. The lowest BCUT2D eigenvalue weighted by molar-refractivity contribution is 0.359. The molecule has 0 amide bonds. The van der Waals surface area contributed by atoms with Crippen LogP contribution in [0.15, 0.2) is 0 Å². The van der Waals surface area contributed by atoms with Crippen molar-refractivity contribution in [2.45, 2.75) is 39.2 Å². The van der Waals surface area contributed by atoms with Crippen molar-refractivity contribution >= 4 is 0 Å². The van der Waals surface area contributed by atoms with E-state index in [9.17, 15) is 0 Å². The van der Waals surface area contributed by atoms with Crippen molar-refractivity contribution in [3.8, 4) is 0 Å². The first kappa shape index (κ1) is 7.60. The van der Waals surface area contributed by atoms with E-state index in [0.717, 1.165) is 5.92 Å². The van der Waals surface area contributed by atoms with Crippen molar-refractivity contribution in [2.24, 2.45) is 11.8 Å². The van der Waals surface area contributed by atoms with E-state index in [1.165, 1.54) is 12.8 Å². The molecular formula is C9H15N. The Bertz CT molecular complexity index is 160. The number of hydrogen-bond acceptors (Lipinski definition) is 0. The Morgan fingerprint density at radius 3 is 2.30 bits per heavy atom. The third-order valence-electron chi connectivity index (χ3n) is 2.73. The molecule has 1 aliphatic rings. The minimum absolute atomic E-state index is 0.124. The number of rotatable bonds is 2. The molecule has 1 rings (SSSR count). The molecular weight excluding hydrogens is 122 g/mol. The van der Waals surface area contributed by atoms with E-state index in [1.54, 1.807) is 0 Å². The molecule has 1 saturated carbocycles. The highest BCUT2D eigenvalue weighted by Crippen LogP contribution is 2.42. The molecule has 10 heavy (non-hydrogen) atoms. The van der Waals surface area contributed by atoms with Crippen LogP contribution in [0.3, 0.4) is 0 Å². The molecule has 1 aliphatic carbocycles. The van der Waals surface area contributed by atoms with E-state index in [2.05, 4.69) is 11.8 Å². The third kappa shape index (κ3) is 1.31. The van der Waals surface area contributed by atoms with Gasteiger partial charge in [-0.1, -0.05) is 6.92 Å². The lowest BCUT2D eigenvalue weighted by Gasteiger charge is -2.18. The smallest absolute Gasteiger partial charge is 0.229 e. The Hall–Kier alpha value is -0.510. The van der Waals surface area contributed by atoms with E-state index in [-0.39, 0.29) is 5.54 Å². The van der Waals surface area contributed by atoms with Crippen molar-refractivity contribution < 1.29 is 0 Å². The molecule has 1 heteroatoms. The second-order valence-electron chi connectivity index (χ2n) is 3.89. The minimum Gasteiger partial charge on any atom is -0.311 e. The van der Waals surface area contributed by atoms with Gasteiger partial charge in [0.1, 0.15) is 0 Å². The topological polar surface area (TPSA) is 4.36 Å². The lowest BCUT2D eigenvalue weighted by Crippen LogP contribution is -2.26. The van der Waals surface area contributed by atoms with Gasteiger partial charge >= 0.3 is 0 Å². The molecule has 0 saturated heterocycles. The van der Waals surface area contributed by atoms with Crippen molar-refractivity contribution in [3.05, 3.63) is 11.4 Å². The fraction of sp³-hybridized carbons (Fsp3) is 0.889. The van der Waals surface area contributed by atoms with Gasteiger partial charge in [0.2, 0.25) is 5.54 Å². The maximum atomic E-state index is 6.98. The second-order valence-corrected chi connectivity index (χ2v) is 3.89. The van der Waals surface area contributed by atoms with E-state index >= 15 is 0 Å². The van der Waals surface area contributed by atoms with Crippen LogP contribution in [-0.4, -0.2) is 5.54 Å². The van der Waals surface area contributed by atoms with E-state index < -0.39 is 0 Å². The average molecular weight is 137 g/mol. The molecule has 0 unspecified atom stereocenters. The van der Waals surface area contributed by atoms with Crippen molar-refractivity contribution in [1.29, 1.82) is 0 Å². The summed E-state index contributed by atoms with van der Waals surface area (Å²) in [4.78, 5) is 3.63. The molecule has 1 fully saturated rings. The van der Waals surface area contributed by atoms with E-state index in [1.807, 2.05) is 13.8 Å². The van der Waals surface area contributed by atoms with Gasteiger partial charge in [-0.05, 0) is 18.8 Å². The molecule has 0 aromatic carbocycles. The quantitative estimate of drug-likeness (QED) is 0.515. The van der Waals surface area contributed by atoms with Crippen LogP contribution in [0.25, 0.3) is 4.85 Å². The van der Waals surface area contributed by atoms with Gasteiger partial charge in [0.25, 0.3) is 0 Å². The van der Waals surface area contributed by atoms with Crippen LogP contribution < -0.4 is 0 Å². The summed E-state index contributed by atoms with van der Waals surface area (Å²) in [6.07, 6.45) is 2.69. The molecule has 0 radical (unpaired) electrons. The summed E-state index contributed by atoms with van der Waals surface area (Å²) in [5.41, 5.74) is -0.124. The van der Waals surface area contributed by atoms with Crippen molar-refractivity contribution in [2.75, 3.05) is 0 Å². The van der Waals surface area contributed by atoms with Crippen LogP contribution >= 0.6 is 0 Å². The van der Waals surface area contributed by atoms with Gasteiger partial charge in [-0.3, -0.25) is 0 Å². The summed E-state index contributed by atoms with van der Waals surface area (Å²) in [5, 5.41) is 0. The monoisotopic (exact) mass is 137 g/mol. The standard InChI is InChI=1S/C9H15N/c1-7(8-5-6-8)9(2,3)10-4/h7-8H,5-6H2,1-3H3/t7-/m0/s1. The summed E-state index contributed by atoms with van der Waals surface area (Å²) in [6, 6.07) is 0. The number of hydrogen-bond donors (Lipinski definition) is 0. The maximum Gasteiger partial charge on any atom is 0.229 e. The van der Waals surface area contributed by atoms with Crippen LogP contribution in [0.1, 0.15) is 33.6 Å². The van der Waals surface area contributed by atoms with Gasteiger partial charge in [0.05, 0.1) is 0 Å². The van der Waals surface area contributed by atoms with Crippen molar-refractivity contribution in [1.82, 2.24) is 0 Å². The average Bonchev–Trinajstić information content (AvgIpc) is 2.68. The zero-order valence-electron chi connectivity index (χ0n) is 7.02. The molecule has 0 aromatic heterocycles. The Morgan fingerprint density at radius 2 is 2.00 bits per heavy atom. The molecule has 0 spiro atoms. The molecule has 0 heterocycles. The molecule has 1 nitrogen and oxygen atoms in total. The largest absolute Gasteiger partial charge is 0.311 e. The van der Waals surface area contributed by atoms with Crippen LogP contribution in [-0.2, 0) is 0 Å². The normalized spacial score (nSPS) is 21.8. The Labute approximate surface area is 63.3 Å². The predicted molar refractivity (Wildman–Crippen MR) is 42.6 cm³/mol. The highest BCUT2D eigenvalue weighted by atomic mass is 14.8. The maximum absolute atomic E-state index is 6.98. The fourth-order valence-corrected chi connectivity index (χ4v) is 1.27. The van der Waals surface area contributed by atoms with Gasteiger partial charge in [-0.15, -0.1) is 0 Å². The van der Waals surface area contributed by atoms with Gasteiger partial charge < -0.3 is 4.85 Å². The van der Waals surface area contributed by atoms with Gasteiger partial charge in [0, 0.05) is 19.8 Å². The summed E-state index contributed by atoms with van der Waals surface area (Å²) in [7, 11) is 0. The third-order valence-corrected chi connectivity index (χ3v) is 2.73. The van der Waals surface area contributed by atoms with Crippen LogP contribution in [0.4, 0.5) is 0 Å². The second kappa shape index (κ2) is 2.27. The Balaban J connectivity index is 2.54. The summed E-state index contributed by atoms with van der Waals surface area (Å²) >= 11 is 0. The summed E-state index contributed by atoms with van der Waals surface area (Å²) in [6.45, 7) is 13.3. The molecule has 0 aromatic rings. The lowest BCUT2D eigenvalue weighted by atomic mass is 9.86. The van der Waals surface area contributed by atoms with Crippen LogP contribution in [0.5, 0.6) is 0 Å². The van der Waals surface area contributed by atoms with Gasteiger partial charge in [-0.2, -0.15) is 0 Å². The fourth-order valence-electron chi connectivity index (χ4n) is 1.27. The highest BCUT2D eigenvalue weighted by molar-refractivity contribution is 4.99. The Morgan fingerprint density at radius 1 is 1.50 bits per heavy atom. The first-order valence-corrected chi connectivity index (χ1v) is 3.96. The zero-order chi connectivity index (χ0) is 7.78. The van der Waals surface area contributed by atoms with Gasteiger partial charge in [-0.25, -0.2) is 6.57 Å². The minimum atomic E-state index is -0.124.